The molecule has 8 heteroatoms. The molecule has 8 nitrogen and oxygen atoms in total. The third-order valence-electron chi connectivity index (χ3n) is 5.43. The van der Waals surface area contributed by atoms with E-state index in [-0.39, 0.29) is 12.5 Å². The number of aromatic nitrogens is 5. The van der Waals surface area contributed by atoms with Gasteiger partial charge in [0.05, 0.1) is 5.56 Å². The second kappa shape index (κ2) is 8.86. The maximum Gasteiger partial charge on any atom is 0.249 e. The highest BCUT2D eigenvalue weighted by Crippen LogP contribution is 2.27. The monoisotopic (exact) mass is 425 g/mol. The summed E-state index contributed by atoms with van der Waals surface area (Å²) in [6, 6.07) is 19.9. The highest BCUT2D eigenvalue weighted by molar-refractivity contribution is 5.91. The summed E-state index contributed by atoms with van der Waals surface area (Å²) in [5.41, 5.74) is 5.28. The molecular formula is C24H23N7O. The molecule has 160 valence electrons. The molecule has 0 unspecified atom stereocenters. The van der Waals surface area contributed by atoms with Gasteiger partial charge >= 0.3 is 0 Å². The number of benzene rings is 2. The molecule has 0 aliphatic heterocycles. The van der Waals surface area contributed by atoms with E-state index in [1.807, 2.05) is 79.9 Å². The van der Waals surface area contributed by atoms with Crippen LogP contribution in [0.2, 0.25) is 0 Å². The molecule has 0 bridgehead atoms. The van der Waals surface area contributed by atoms with E-state index in [9.17, 15) is 10.1 Å². The first-order valence-electron chi connectivity index (χ1n) is 10.2. The number of aryl methyl sites for hydroxylation is 1. The number of hydrogen-bond donors (Lipinski definition) is 1. The predicted molar refractivity (Wildman–Crippen MR) is 121 cm³/mol. The van der Waals surface area contributed by atoms with Crippen molar-refractivity contribution in [2.45, 2.75) is 33.9 Å². The van der Waals surface area contributed by atoms with Gasteiger partial charge in [0.15, 0.2) is 0 Å². The minimum atomic E-state index is -0.332. The molecule has 2 aromatic heterocycles. The Morgan fingerprint density at radius 2 is 1.78 bits per heavy atom. The van der Waals surface area contributed by atoms with Crippen molar-refractivity contribution in [1.82, 2.24) is 24.8 Å². The minimum absolute atomic E-state index is 0.113. The molecule has 0 aliphatic carbocycles. The summed E-state index contributed by atoms with van der Waals surface area (Å²) >= 11 is 0. The maximum absolute atomic E-state index is 12.8. The van der Waals surface area contributed by atoms with Crippen molar-refractivity contribution in [2.24, 2.45) is 0 Å². The molecule has 0 atom stereocenters. The molecule has 0 saturated heterocycles. The Morgan fingerprint density at radius 3 is 2.47 bits per heavy atom. The molecule has 1 amide bonds. The Hall–Kier alpha value is -4.25. The first-order chi connectivity index (χ1) is 15.5. The quantitative estimate of drug-likeness (QED) is 0.508. The summed E-state index contributed by atoms with van der Waals surface area (Å²) in [5.74, 6) is 0.603. The Labute approximate surface area is 186 Å². The SMILES string of the molecule is Cc1ccc(-c2nnn(CC(=O)Nc3c(C#N)c(C)c(C)n3Cc3ccccc3)n2)cc1. The lowest BCUT2D eigenvalue weighted by Crippen LogP contribution is -2.23. The van der Waals surface area contributed by atoms with Crippen molar-refractivity contribution in [1.29, 1.82) is 5.26 Å². The van der Waals surface area contributed by atoms with E-state index in [2.05, 4.69) is 26.8 Å². The van der Waals surface area contributed by atoms with Crippen LogP contribution in [0.25, 0.3) is 11.4 Å². The fraction of sp³-hybridized carbons (Fsp3) is 0.208. The lowest BCUT2D eigenvalue weighted by molar-refractivity contribution is -0.117. The number of carbonyl (C=O) groups excluding carboxylic acids is 1. The Morgan fingerprint density at radius 1 is 1.06 bits per heavy atom. The van der Waals surface area contributed by atoms with Gasteiger partial charge in [0.1, 0.15) is 18.4 Å². The third-order valence-corrected chi connectivity index (χ3v) is 5.43. The molecule has 0 radical (unpaired) electrons. The first kappa shape index (κ1) is 21.0. The zero-order chi connectivity index (χ0) is 22.7. The molecule has 4 aromatic rings. The molecular weight excluding hydrogens is 402 g/mol. The van der Waals surface area contributed by atoms with Gasteiger partial charge in [-0.2, -0.15) is 10.1 Å². The van der Waals surface area contributed by atoms with E-state index in [1.165, 1.54) is 4.80 Å². The standard InChI is InChI=1S/C24H23N7O/c1-16-9-11-20(12-10-16)23-27-29-31(28-23)15-22(32)26-24-21(13-25)17(2)18(3)30(24)14-19-7-5-4-6-8-19/h4-12H,14-15H2,1-3H3,(H,26,32). The van der Waals surface area contributed by atoms with Crippen LogP contribution in [0.5, 0.6) is 0 Å². The average Bonchev–Trinajstić information content (AvgIpc) is 3.33. The van der Waals surface area contributed by atoms with E-state index in [0.29, 0.717) is 23.8 Å². The molecule has 0 aliphatic rings. The Balaban J connectivity index is 1.55. The third kappa shape index (κ3) is 4.27. The molecule has 32 heavy (non-hydrogen) atoms. The molecule has 2 aromatic carbocycles. The van der Waals surface area contributed by atoms with Gasteiger partial charge in [-0.1, -0.05) is 60.2 Å². The first-order valence-corrected chi connectivity index (χ1v) is 10.2. The van der Waals surface area contributed by atoms with Crippen LogP contribution in [-0.2, 0) is 17.9 Å². The largest absolute Gasteiger partial charge is 0.326 e. The van der Waals surface area contributed by atoms with Crippen LogP contribution in [0.1, 0.15) is 27.9 Å². The van der Waals surface area contributed by atoms with Crippen LogP contribution in [0.3, 0.4) is 0 Å². The van der Waals surface area contributed by atoms with Gasteiger partial charge in [-0.05, 0) is 37.1 Å². The van der Waals surface area contributed by atoms with Crippen molar-refractivity contribution >= 4 is 11.7 Å². The van der Waals surface area contributed by atoms with Crippen LogP contribution in [-0.4, -0.2) is 30.7 Å². The number of rotatable bonds is 6. The van der Waals surface area contributed by atoms with Crippen LogP contribution in [0, 0.1) is 32.1 Å². The summed E-state index contributed by atoms with van der Waals surface area (Å²) in [6.07, 6.45) is 0. The lowest BCUT2D eigenvalue weighted by atomic mass is 10.1. The van der Waals surface area contributed by atoms with E-state index in [4.69, 9.17) is 0 Å². The number of hydrogen-bond acceptors (Lipinski definition) is 5. The fourth-order valence-electron chi connectivity index (χ4n) is 3.52. The van der Waals surface area contributed by atoms with Gasteiger partial charge in [0.2, 0.25) is 11.7 Å². The highest BCUT2D eigenvalue weighted by Gasteiger charge is 2.20. The minimum Gasteiger partial charge on any atom is -0.326 e. The van der Waals surface area contributed by atoms with Gasteiger partial charge in [-0.3, -0.25) is 4.79 Å². The summed E-state index contributed by atoms with van der Waals surface area (Å²) in [4.78, 5) is 14.1. The number of amides is 1. The topological polar surface area (TPSA) is 101 Å². The molecule has 0 saturated carbocycles. The molecule has 4 rings (SSSR count). The summed E-state index contributed by atoms with van der Waals surface area (Å²) in [7, 11) is 0. The smallest absolute Gasteiger partial charge is 0.249 e. The van der Waals surface area contributed by atoms with E-state index < -0.39 is 0 Å². The van der Waals surface area contributed by atoms with Crippen molar-refractivity contribution in [3.63, 3.8) is 0 Å². The maximum atomic E-state index is 12.8. The normalized spacial score (nSPS) is 10.7. The summed E-state index contributed by atoms with van der Waals surface area (Å²) in [6.45, 7) is 6.27. The molecule has 0 fully saturated rings. The Bertz CT molecular complexity index is 1290. The van der Waals surface area contributed by atoms with Gasteiger partial charge in [0, 0.05) is 17.8 Å². The number of tetrazole rings is 1. The van der Waals surface area contributed by atoms with E-state index in [1.54, 1.807) is 0 Å². The van der Waals surface area contributed by atoms with E-state index in [0.717, 1.165) is 27.9 Å². The number of nitrogens with one attached hydrogen (secondary N) is 1. The highest BCUT2D eigenvalue weighted by atomic mass is 16.2. The van der Waals surface area contributed by atoms with Crippen LogP contribution in [0.4, 0.5) is 5.82 Å². The number of nitrogens with zero attached hydrogens (tertiary/aromatic N) is 6. The van der Waals surface area contributed by atoms with Crippen LogP contribution >= 0.6 is 0 Å². The zero-order valence-corrected chi connectivity index (χ0v) is 18.2. The van der Waals surface area contributed by atoms with Gasteiger partial charge < -0.3 is 9.88 Å². The van der Waals surface area contributed by atoms with Crippen LogP contribution in [0.15, 0.2) is 54.6 Å². The molecule has 2 heterocycles. The molecule has 0 spiro atoms. The van der Waals surface area contributed by atoms with Crippen LogP contribution < -0.4 is 5.32 Å². The zero-order valence-electron chi connectivity index (χ0n) is 18.2. The second-order valence-corrected chi connectivity index (χ2v) is 7.68. The predicted octanol–water partition coefficient (Wildman–Crippen LogP) is 3.63. The van der Waals surface area contributed by atoms with Crippen molar-refractivity contribution < 1.29 is 4.79 Å². The van der Waals surface area contributed by atoms with Crippen molar-refractivity contribution in [2.75, 3.05) is 5.32 Å². The fourth-order valence-corrected chi connectivity index (χ4v) is 3.52. The van der Waals surface area contributed by atoms with Gasteiger partial charge in [0.25, 0.3) is 0 Å². The van der Waals surface area contributed by atoms with Crippen molar-refractivity contribution in [3.05, 3.63) is 82.5 Å². The average molecular weight is 425 g/mol. The van der Waals surface area contributed by atoms with Gasteiger partial charge in [-0.15, -0.1) is 10.2 Å². The lowest BCUT2D eigenvalue weighted by Gasteiger charge is -2.13. The molecule has 1 N–H and O–H groups in total. The summed E-state index contributed by atoms with van der Waals surface area (Å²) in [5, 5.41) is 24.9. The Kier molecular flexibility index (Phi) is 5.81. The number of nitriles is 1. The second-order valence-electron chi connectivity index (χ2n) is 7.68. The summed E-state index contributed by atoms with van der Waals surface area (Å²) < 4.78 is 1.95. The van der Waals surface area contributed by atoms with E-state index >= 15 is 0 Å². The van der Waals surface area contributed by atoms with Crippen molar-refractivity contribution in [3.8, 4) is 17.5 Å². The number of carbonyl (C=O) groups is 1. The number of anilines is 1. The van der Waals surface area contributed by atoms with Gasteiger partial charge in [-0.25, -0.2) is 0 Å².